The number of carbonyl (C=O) groups is 1. The van der Waals surface area contributed by atoms with Gasteiger partial charge in [-0.3, -0.25) is 9.69 Å². The van der Waals surface area contributed by atoms with Crippen molar-refractivity contribution in [2.45, 2.75) is 57.2 Å². The second-order valence-corrected chi connectivity index (χ2v) is 10.1. The summed E-state index contributed by atoms with van der Waals surface area (Å²) in [6.45, 7) is 2.31. The minimum absolute atomic E-state index is 0.160. The number of aliphatic hydroxyl groups is 1. The summed E-state index contributed by atoms with van der Waals surface area (Å²) in [6, 6.07) is 8.74. The molecule has 36 heavy (non-hydrogen) atoms. The molecule has 8 nitrogen and oxygen atoms in total. The Kier molecular flexibility index (Phi) is 7.84. The lowest BCUT2D eigenvalue weighted by molar-refractivity contribution is 0.0842. The first-order valence-corrected chi connectivity index (χ1v) is 13.0. The van der Waals surface area contributed by atoms with Crippen molar-refractivity contribution in [3.05, 3.63) is 76.1 Å². The molecular formula is C27H32ClN5O3. The molecule has 1 aliphatic carbocycles. The molecule has 2 aliphatic rings. The van der Waals surface area contributed by atoms with Crippen LogP contribution in [-0.2, 0) is 25.8 Å². The van der Waals surface area contributed by atoms with Crippen molar-refractivity contribution < 1.29 is 14.3 Å². The van der Waals surface area contributed by atoms with Crippen molar-refractivity contribution in [2.75, 3.05) is 25.0 Å². The highest BCUT2D eigenvalue weighted by molar-refractivity contribution is 6.33. The maximum Gasteiger partial charge on any atom is 0.253 e. The lowest BCUT2D eigenvalue weighted by Crippen LogP contribution is -2.42. The number of nitrogens with zero attached hydrogens (tertiary/aromatic N) is 3. The number of aliphatic hydroxyl groups excluding tert-OH is 1. The third-order valence-electron chi connectivity index (χ3n) is 7.03. The number of pyridine rings is 1. The van der Waals surface area contributed by atoms with E-state index in [0.717, 1.165) is 51.0 Å². The number of benzene rings is 1. The molecule has 1 aliphatic heterocycles. The molecule has 190 valence electrons. The van der Waals surface area contributed by atoms with E-state index in [4.69, 9.17) is 16.0 Å². The first-order chi connectivity index (χ1) is 17.5. The Bertz CT molecular complexity index is 1180. The lowest BCUT2D eigenvalue weighted by atomic mass is 9.93. The average Bonchev–Trinajstić information content (AvgIpc) is 3.38. The van der Waals surface area contributed by atoms with Crippen molar-refractivity contribution in [3.8, 4) is 0 Å². The van der Waals surface area contributed by atoms with Crippen molar-refractivity contribution in [3.63, 3.8) is 0 Å². The first-order valence-electron chi connectivity index (χ1n) is 12.6. The van der Waals surface area contributed by atoms with Gasteiger partial charge < -0.3 is 20.2 Å². The monoisotopic (exact) mass is 509 g/mol. The number of halogens is 1. The number of rotatable bonds is 10. The van der Waals surface area contributed by atoms with Gasteiger partial charge >= 0.3 is 0 Å². The van der Waals surface area contributed by atoms with E-state index in [1.807, 2.05) is 0 Å². The maximum absolute atomic E-state index is 12.7. The standard InChI is InChI=1S/C27H32ClN5O3/c28-25-14-30-26(32-21-2-1-3-21)11-24(25)27(35)31-12-22(34)16-33-9-8-19-10-18(4-6-20(19)15-33)5-7-23-13-29-17-36-23/h4,6,10-11,13-14,17,21-22,34H,1-3,5,7-9,12,15-16H2,(H,30,32)(H,31,35)/t22-/m0/s1. The molecule has 1 aromatic carbocycles. The Labute approximate surface area is 216 Å². The molecule has 3 aromatic rings. The van der Waals surface area contributed by atoms with Crippen molar-refractivity contribution in [1.82, 2.24) is 20.2 Å². The number of fused-ring (bicyclic) bond motifs is 1. The van der Waals surface area contributed by atoms with E-state index in [0.29, 0.717) is 29.0 Å². The van der Waals surface area contributed by atoms with Crippen molar-refractivity contribution >= 4 is 23.3 Å². The van der Waals surface area contributed by atoms with Crippen LogP contribution in [0.25, 0.3) is 0 Å². The molecule has 0 radical (unpaired) electrons. The molecule has 1 atom stereocenters. The van der Waals surface area contributed by atoms with Crippen LogP contribution in [-0.4, -0.2) is 57.7 Å². The van der Waals surface area contributed by atoms with Gasteiger partial charge in [-0.1, -0.05) is 29.8 Å². The summed E-state index contributed by atoms with van der Waals surface area (Å²) in [5, 5.41) is 17.1. The van der Waals surface area contributed by atoms with Gasteiger partial charge in [-0.15, -0.1) is 0 Å². The minimum Gasteiger partial charge on any atom is -0.449 e. The quantitative estimate of drug-likeness (QED) is 0.383. The van der Waals surface area contributed by atoms with E-state index in [1.54, 1.807) is 12.3 Å². The Morgan fingerprint density at radius 3 is 2.89 bits per heavy atom. The zero-order valence-electron chi connectivity index (χ0n) is 20.3. The van der Waals surface area contributed by atoms with Gasteiger partial charge in [0, 0.05) is 44.8 Å². The average molecular weight is 510 g/mol. The van der Waals surface area contributed by atoms with Crippen LogP contribution in [0.1, 0.15) is 52.1 Å². The molecule has 1 fully saturated rings. The van der Waals surface area contributed by atoms with E-state index >= 15 is 0 Å². The fourth-order valence-corrected chi connectivity index (χ4v) is 4.92. The number of anilines is 1. The lowest BCUT2D eigenvalue weighted by Gasteiger charge is -2.30. The summed E-state index contributed by atoms with van der Waals surface area (Å²) in [6.07, 6.45) is 10.2. The van der Waals surface area contributed by atoms with Crippen molar-refractivity contribution in [2.24, 2.45) is 0 Å². The summed E-state index contributed by atoms with van der Waals surface area (Å²) in [7, 11) is 0. The fraction of sp³-hybridized carbons (Fsp3) is 0.444. The van der Waals surface area contributed by atoms with Gasteiger partial charge in [0.15, 0.2) is 6.39 Å². The van der Waals surface area contributed by atoms with Gasteiger partial charge in [-0.2, -0.15) is 0 Å². The predicted octanol–water partition coefficient (Wildman–Crippen LogP) is 3.62. The van der Waals surface area contributed by atoms with Crippen LogP contribution in [0.3, 0.4) is 0 Å². The molecule has 0 spiro atoms. The number of oxazole rings is 1. The molecule has 3 N–H and O–H groups in total. The van der Waals surface area contributed by atoms with E-state index in [-0.39, 0.29) is 12.5 Å². The normalized spacial score (nSPS) is 16.7. The summed E-state index contributed by atoms with van der Waals surface area (Å²) in [5.74, 6) is 1.25. The summed E-state index contributed by atoms with van der Waals surface area (Å²) < 4.78 is 5.33. The van der Waals surface area contributed by atoms with Gasteiger partial charge in [0.05, 0.1) is 22.9 Å². The van der Waals surface area contributed by atoms with Crippen LogP contribution in [0, 0.1) is 0 Å². The highest BCUT2D eigenvalue weighted by Crippen LogP contribution is 2.25. The number of amides is 1. The van der Waals surface area contributed by atoms with Gasteiger partial charge in [-0.25, -0.2) is 9.97 Å². The van der Waals surface area contributed by atoms with Gasteiger partial charge in [-0.05, 0) is 54.9 Å². The van der Waals surface area contributed by atoms with Crippen LogP contribution < -0.4 is 10.6 Å². The highest BCUT2D eigenvalue weighted by Gasteiger charge is 2.21. The first kappa shape index (κ1) is 24.7. The summed E-state index contributed by atoms with van der Waals surface area (Å²) >= 11 is 6.22. The summed E-state index contributed by atoms with van der Waals surface area (Å²) in [4.78, 5) is 23.2. The predicted molar refractivity (Wildman–Crippen MR) is 138 cm³/mol. The maximum atomic E-state index is 12.7. The highest BCUT2D eigenvalue weighted by atomic mass is 35.5. The molecule has 0 unspecified atom stereocenters. The number of β-amino-alcohol motifs (C(OH)–C–C–N with tert-alkyl or cyclic N) is 1. The number of nitrogens with one attached hydrogen (secondary N) is 2. The molecule has 0 saturated heterocycles. The topological polar surface area (TPSA) is 104 Å². The van der Waals surface area contributed by atoms with Crippen LogP contribution in [0.5, 0.6) is 0 Å². The van der Waals surface area contributed by atoms with Crippen molar-refractivity contribution in [1.29, 1.82) is 0 Å². The zero-order valence-corrected chi connectivity index (χ0v) is 21.0. The molecule has 5 rings (SSSR count). The SMILES string of the molecule is O=C(NC[C@H](O)CN1CCc2cc(CCc3cnco3)ccc2C1)c1cc(NC2CCC2)ncc1Cl. The van der Waals surface area contributed by atoms with Crippen LogP contribution in [0.2, 0.25) is 5.02 Å². The van der Waals surface area contributed by atoms with Gasteiger partial charge in [0.1, 0.15) is 11.6 Å². The number of hydrogen-bond donors (Lipinski definition) is 3. The molecule has 2 aromatic heterocycles. The van der Waals surface area contributed by atoms with Crippen LogP contribution in [0.4, 0.5) is 5.82 Å². The number of hydrogen-bond acceptors (Lipinski definition) is 7. The second kappa shape index (κ2) is 11.4. The number of aromatic nitrogens is 2. The second-order valence-electron chi connectivity index (χ2n) is 9.74. The molecule has 1 amide bonds. The zero-order chi connectivity index (χ0) is 24.9. The Hall–Kier alpha value is -2.94. The van der Waals surface area contributed by atoms with Gasteiger partial charge in [0.2, 0.25) is 0 Å². The largest absolute Gasteiger partial charge is 0.449 e. The minimum atomic E-state index is -0.676. The third-order valence-corrected chi connectivity index (χ3v) is 7.33. The fourth-order valence-electron chi connectivity index (χ4n) is 4.73. The Morgan fingerprint density at radius 2 is 2.11 bits per heavy atom. The number of aryl methyl sites for hydroxylation is 2. The Morgan fingerprint density at radius 1 is 1.22 bits per heavy atom. The van der Waals surface area contributed by atoms with E-state index in [1.165, 1.54) is 35.7 Å². The van der Waals surface area contributed by atoms with Gasteiger partial charge in [0.25, 0.3) is 5.91 Å². The molecular weight excluding hydrogens is 478 g/mol. The van der Waals surface area contributed by atoms with Crippen LogP contribution in [0.15, 0.2) is 47.5 Å². The third kappa shape index (κ3) is 6.24. The van der Waals surface area contributed by atoms with Crippen LogP contribution >= 0.6 is 11.6 Å². The molecule has 9 heteroatoms. The van der Waals surface area contributed by atoms with E-state index in [9.17, 15) is 9.90 Å². The molecule has 3 heterocycles. The number of carbonyl (C=O) groups excluding carboxylic acids is 1. The Balaban J connectivity index is 1.09. The molecule has 1 saturated carbocycles. The van der Waals surface area contributed by atoms with E-state index in [2.05, 4.69) is 43.7 Å². The molecule has 0 bridgehead atoms. The van der Waals surface area contributed by atoms with E-state index < -0.39 is 6.10 Å². The summed E-state index contributed by atoms with van der Waals surface area (Å²) in [5.41, 5.74) is 4.31. The smallest absolute Gasteiger partial charge is 0.253 e.